The number of amides is 1. The van der Waals surface area contributed by atoms with Crippen molar-refractivity contribution in [3.05, 3.63) is 76.8 Å². The van der Waals surface area contributed by atoms with Crippen LogP contribution in [0.1, 0.15) is 28.4 Å². The number of nitrogens with one attached hydrogen (secondary N) is 1. The molecule has 3 N–H and O–H groups in total. The topological polar surface area (TPSA) is 100 Å². The number of halogens is 2. The van der Waals surface area contributed by atoms with Gasteiger partial charge in [0.1, 0.15) is 23.8 Å². The van der Waals surface area contributed by atoms with Gasteiger partial charge in [0.05, 0.1) is 11.6 Å². The molecule has 2 aromatic carbocycles. The van der Waals surface area contributed by atoms with E-state index in [4.69, 9.17) is 15.7 Å². The minimum Gasteiger partial charge on any atom is -0.428 e. The second-order valence-electron chi connectivity index (χ2n) is 6.28. The second kappa shape index (κ2) is 7.48. The van der Waals surface area contributed by atoms with Crippen molar-refractivity contribution in [3.8, 4) is 6.07 Å². The lowest BCUT2D eigenvalue weighted by atomic mass is 9.90. The Balaban J connectivity index is 1.91. The van der Waals surface area contributed by atoms with E-state index in [0.717, 1.165) is 0 Å². The fourth-order valence-electron chi connectivity index (χ4n) is 2.86. The van der Waals surface area contributed by atoms with Gasteiger partial charge < -0.3 is 15.8 Å². The average Bonchev–Trinajstić information content (AvgIpc) is 2.68. The number of rotatable bonds is 4. The molecule has 1 aliphatic rings. The van der Waals surface area contributed by atoms with E-state index in [1.54, 1.807) is 6.92 Å². The first kappa shape index (κ1) is 19.0. The molecule has 3 rings (SSSR count). The predicted molar refractivity (Wildman–Crippen MR) is 99.6 cm³/mol. The molecule has 2 aromatic rings. The third-order valence-electron chi connectivity index (χ3n) is 4.20. The van der Waals surface area contributed by atoms with Gasteiger partial charge in [-0.25, -0.2) is 13.8 Å². The summed E-state index contributed by atoms with van der Waals surface area (Å²) in [7, 11) is 0. The second-order valence-corrected chi connectivity index (χ2v) is 6.28. The highest BCUT2D eigenvalue weighted by atomic mass is 19.1. The van der Waals surface area contributed by atoms with Crippen LogP contribution in [0.5, 0.6) is 0 Å². The van der Waals surface area contributed by atoms with E-state index in [-0.39, 0.29) is 17.3 Å². The van der Waals surface area contributed by atoms with Crippen LogP contribution < -0.4 is 11.1 Å². The number of carbonyl (C=O) groups is 1. The van der Waals surface area contributed by atoms with Crippen LogP contribution in [0.4, 0.5) is 14.5 Å². The summed E-state index contributed by atoms with van der Waals surface area (Å²) in [5.41, 5.74) is 5.49. The summed E-state index contributed by atoms with van der Waals surface area (Å²) in [4.78, 5) is 16.5. The smallest absolute Gasteiger partial charge is 0.288 e. The molecule has 0 aliphatic carbocycles. The Morgan fingerprint density at radius 1 is 1.32 bits per heavy atom. The highest BCUT2D eigenvalue weighted by molar-refractivity contribution is 6.04. The molecule has 28 heavy (non-hydrogen) atoms. The van der Waals surface area contributed by atoms with Crippen LogP contribution in [-0.4, -0.2) is 18.6 Å². The normalized spacial score (nSPS) is 18.4. The van der Waals surface area contributed by atoms with Gasteiger partial charge in [0, 0.05) is 16.8 Å². The Labute approximate surface area is 159 Å². The highest BCUT2D eigenvalue weighted by Crippen LogP contribution is 2.35. The van der Waals surface area contributed by atoms with E-state index in [1.807, 2.05) is 6.07 Å². The molecular weight excluding hydrogens is 366 g/mol. The molecule has 0 fully saturated rings. The number of nitrogens with two attached hydrogens (primary N) is 1. The van der Waals surface area contributed by atoms with Crippen molar-refractivity contribution in [2.24, 2.45) is 10.7 Å². The predicted octanol–water partition coefficient (Wildman–Crippen LogP) is 3.36. The van der Waals surface area contributed by atoms with Gasteiger partial charge in [-0.1, -0.05) is 0 Å². The molecule has 0 unspecified atom stereocenters. The Morgan fingerprint density at radius 2 is 2.04 bits per heavy atom. The standard InChI is InChI=1S/C20H16F2N4O2/c1-20(9-15(10-21)28-19(24)26-20)16-8-14(6-7-17(16)22)25-18(27)13-4-2-12(11-23)3-5-13/h2-9H,10H2,1H3,(H2,24,26)(H,25,27)/t20-/m0/s1. The minimum absolute atomic E-state index is 0.0681. The minimum atomic E-state index is -1.29. The number of allylic oxidation sites excluding steroid dienone is 1. The summed E-state index contributed by atoms with van der Waals surface area (Å²) in [6.07, 6.45) is 1.34. The van der Waals surface area contributed by atoms with Gasteiger partial charge in [0.25, 0.3) is 11.9 Å². The van der Waals surface area contributed by atoms with Crippen molar-refractivity contribution in [1.29, 1.82) is 5.26 Å². The Kier molecular flexibility index (Phi) is 5.09. The number of benzene rings is 2. The first-order chi connectivity index (χ1) is 13.3. The quantitative estimate of drug-likeness (QED) is 0.847. The molecule has 0 bridgehead atoms. The summed E-state index contributed by atoms with van der Waals surface area (Å²) in [6.45, 7) is 0.644. The van der Waals surface area contributed by atoms with Gasteiger partial charge in [0.2, 0.25) is 0 Å². The number of nitriles is 1. The zero-order valence-electron chi connectivity index (χ0n) is 14.9. The van der Waals surface area contributed by atoms with Crippen molar-refractivity contribution in [2.75, 3.05) is 12.0 Å². The van der Waals surface area contributed by atoms with E-state index in [1.165, 1.54) is 48.5 Å². The van der Waals surface area contributed by atoms with Crippen LogP contribution >= 0.6 is 0 Å². The molecule has 8 heteroatoms. The third-order valence-corrected chi connectivity index (χ3v) is 4.20. The number of ether oxygens (including phenoxy) is 1. The Morgan fingerprint density at radius 3 is 2.68 bits per heavy atom. The summed E-state index contributed by atoms with van der Waals surface area (Å²) < 4.78 is 32.5. The molecule has 6 nitrogen and oxygen atoms in total. The van der Waals surface area contributed by atoms with Crippen molar-refractivity contribution in [1.82, 2.24) is 0 Å². The lowest BCUT2D eigenvalue weighted by Gasteiger charge is -2.28. The molecule has 1 amide bonds. The number of amidine groups is 1. The molecule has 0 spiro atoms. The monoisotopic (exact) mass is 382 g/mol. The van der Waals surface area contributed by atoms with Gasteiger partial charge in [0.15, 0.2) is 0 Å². The van der Waals surface area contributed by atoms with E-state index in [0.29, 0.717) is 16.8 Å². The summed E-state index contributed by atoms with van der Waals surface area (Å²) in [5, 5.41) is 11.5. The Bertz CT molecular complexity index is 1030. The number of hydrogen-bond donors (Lipinski definition) is 2. The SMILES string of the molecule is C[C@@]1(c2cc(NC(=O)c3ccc(C#N)cc3)ccc2F)C=C(CF)OC(N)=N1. The molecule has 1 aliphatic heterocycles. The fourth-order valence-corrected chi connectivity index (χ4v) is 2.86. The van der Waals surface area contributed by atoms with Crippen molar-refractivity contribution in [2.45, 2.75) is 12.5 Å². The molecular formula is C20H16F2N4O2. The molecule has 0 saturated heterocycles. The number of nitrogens with zero attached hydrogens (tertiary/aromatic N) is 2. The number of anilines is 1. The van der Waals surface area contributed by atoms with Gasteiger partial charge in [-0.2, -0.15) is 5.26 Å². The highest BCUT2D eigenvalue weighted by Gasteiger charge is 2.32. The molecule has 1 atom stereocenters. The van der Waals surface area contributed by atoms with E-state index < -0.39 is 23.9 Å². The zero-order chi connectivity index (χ0) is 20.3. The lowest BCUT2D eigenvalue weighted by molar-refractivity contribution is 0.102. The van der Waals surface area contributed by atoms with Crippen molar-refractivity contribution >= 4 is 17.6 Å². The van der Waals surface area contributed by atoms with Gasteiger partial charge in [-0.15, -0.1) is 0 Å². The van der Waals surface area contributed by atoms with Gasteiger partial charge in [-0.3, -0.25) is 4.79 Å². The van der Waals surface area contributed by atoms with E-state index in [9.17, 15) is 13.6 Å². The van der Waals surface area contributed by atoms with Crippen LogP contribution in [0.2, 0.25) is 0 Å². The summed E-state index contributed by atoms with van der Waals surface area (Å²) in [6, 6.07) is 11.8. The maximum Gasteiger partial charge on any atom is 0.288 e. The zero-order valence-corrected chi connectivity index (χ0v) is 14.9. The van der Waals surface area contributed by atoms with Crippen molar-refractivity contribution < 1.29 is 18.3 Å². The Hall–Kier alpha value is -3.73. The molecule has 0 radical (unpaired) electrons. The van der Waals surface area contributed by atoms with Gasteiger partial charge >= 0.3 is 0 Å². The molecule has 1 heterocycles. The van der Waals surface area contributed by atoms with Crippen LogP contribution in [0.3, 0.4) is 0 Å². The average molecular weight is 382 g/mol. The lowest BCUT2D eigenvalue weighted by Crippen LogP contribution is -2.31. The molecule has 0 aromatic heterocycles. The molecule has 142 valence electrons. The van der Waals surface area contributed by atoms with Crippen LogP contribution in [0.15, 0.2) is 59.3 Å². The summed E-state index contributed by atoms with van der Waals surface area (Å²) >= 11 is 0. The number of carbonyl (C=O) groups excluding carboxylic acids is 1. The van der Waals surface area contributed by atoms with E-state index in [2.05, 4.69) is 10.3 Å². The number of alkyl halides is 1. The first-order valence-electron chi connectivity index (χ1n) is 8.27. The first-order valence-corrected chi connectivity index (χ1v) is 8.27. The number of hydrogen-bond acceptors (Lipinski definition) is 5. The van der Waals surface area contributed by atoms with E-state index >= 15 is 0 Å². The summed E-state index contributed by atoms with van der Waals surface area (Å²) in [5.74, 6) is -1.09. The largest absolute Gasteiger partial charge is 0.428 e. The van der Waals surface area contributed by atoms with Crippen LogP contribution in [-0.2, 0) is 10.3 Å². The molecule has 0 saturated carbocycles. The maximum atomic E-state index is 14.5. The van der Waals surface area contributed by atoms with Crippen LogP contribution in [0.25, 0.3) is 0 Å². The fraction of sp³-hybridized carbons (Fsp3) is 0.150. The number of aliphatic imine (C=N–C) groups is 1. The van der Waals surface area contributed by atoms with Gasteiger partial charge in [-0.05, 0) is 55.5 Å². The van der Waals surface area contributed by atoms with Crippen LogP contribution in [0, 0.1) is 17.1 Å². The maximum absolute atomic E-state index is 14.5. The third kappa shape index (κ3) is 3.83. The van der Waals surface area contributed by atoms with Crippen molar-refractivity contribution in [3.63, 3.8) is 0 Å².